The van der Waals surface area contributed by atoms with E-state index in [2.05, 4.69) is 20.8 Å². The molecule has 70 valence electrons. The van der Waals surface area contributed by atoms with Crippen molar-refractivity contribution in [1.82, 2.24) is 0 Å². The third kappa shape index (κ3) is 1.11. The van der Waals surface area contributed by atoms with E-state index in [1.54, 1.807) is 12.8 Å². The molecule has 0 aliphatic heterocycles. The lowest BCUT2D eigenvalue weighted by Gasteiger charge is -2.30. The second-order valence-electron chi connectivity index (χ2n) is 5.34. The first kappa shape index (κ1) is 8.59. The highest BCUT2D eigenvalue weighted by Gasteiger charge is 2.57. The SMILES string of the molecule is CCC1CCC2(C(C)C)CC2C1. The monoisotopic (exact) mass is 166 g/mol. The van der Waals surface area contributed by atoms with Gasteiger partial charge in [-0.1, -0.05) is 27.2 Å². The maximum absolute atomic E-state index is 2.42. The van der Waals surface area contributed by atoms with Crippen LogP contribution in [-0.2, 0) is 0 Å². The molecule has 0 aromatic carbocycles. The van der Waals surface area contributed by atoms with Crippen molar-refractivity contribution in [2.75, 3.05) is 0 Å². The quantitative estimate of drug-likeness (QED) is 0.584. The van der Waals surface area contributed by atoms with E-state index in [0.717, 1.165) is 23.2 Å². The molecule has 3 atom stereocenters. The summed E-state index contributed by atoms with van der Waals surface area (Å²) in [5, 5.41) is 0. The zero-order chi connectivity index (χ0) is 8.77. The Bertz CT molecular complexity index is 171. The maximum atomic E-state index is 2.42. The molecule has 0 nitrogen and oxygen atoms in total. The van der Waals surface area contributed by atoms with Crippen LogP contribution in [0, 0.1) is 23.2 Å². The third-order valence-corrected chi connectivity index (χ3v) is 4.64. The Kier molecular flexibility index (Phi) is 1.97. The predicted octanol–water partition coefficient (Wildman–Crippen LogP) is 3.86. The second kappa shape index (κ2) is 2.75. The van der Waals surface area contributed by atoms with Crippen molar-refractivity contribution in [3.63, 3.8) is 0 Å². The summed E-state index contributed by atoms with van der Waals surface area (Å²) in [4.78, 5) is 0. The van der Waals surface area contributed by atoms with E-state index in [-0.39, 0.29) is 0 Å². The first-order valence-corrected chi connectivity index (χ1v) is 5.69. The van der Waals surface area contributed by atoms with Crippen molar-refractivity contribution < 1.29 is 0 Å². The minimum absolute atomic E-state index is 0.825. The molecule has 0 amide bonds. The van der Waals surface area contributed by atoms with Crippen LogP contribution in [0.15, 0.2) is 0 Å². The zero-order valence-corrected chi connectivity index (χ0v) is 8.77. The van der Waals surface area contributed by atoms with E-state index in [1.165, 1.54) is 19.3 Å². The third-order valence-electron chi connectivity index (χ3n) is 4.64. The van der Waals surface area contributed by atoms with Gasteiger partial charge in [0.1, 0.15) is 0 Å². The Hall–Kier alpha value is 0. The molecule has 0 radical (unpaired) electrons. The molecule has 12 heavy (non-hydrogen) atoms. The molecule has 0 spiro atoms. The minimum Gasteiger partial charge on any atom is -0.0651 e. The lowest BCUT2D eigenvalue weighted by molar-refractivity contribution is 0.203. The molecule has 2 rings (SSSR count). The second-order valence-corrected chi connectivity index (χ2v) is 5.34. The first-order valence-electron chi connectivity index (χ1n) is 5.69. The molecule has 0 aromatic rings. The molecule has 0 heteroatoms. The zero-order valence-electron chi connectivity index (χ0n) is 8.77. The summed E-state index contributed by atoms with van der Waals surface area (Å²) in [5.74, 6) is 3.14. The molecule has 2 saturated carbocycles. The van der Waals surface area contributed by atoms with Gasteiger partial charge in [0, 0.05) is 0 Å². The average Bonchev–Trinajstić information content (AvgIpc) is 2.78. The fraction of sp³-hybridized carbons (Fsp3) is 1.00. The highest BCUT2D eigenvalue weighted by atomic mass is 14.6. The maximum Gasteiger partial charge on any atom is -0.0243 e. The van der Waals surface area contributed by atoms with Crippen molar-refractivity contribution >= 4 is 0 Å². The van der Waals surface area contributed by atoms with Gasteiger partial charge in [-0.15, -0.1) is 0 Å². The van der Waals surface area contributed by atoms with E-state index < -0.39 is 0 Å². The Labute approximate surface area is 76.7 Å². The van der Waals surface area contributed by atoms with Gasteiger partial charge in [0.25, 0.3) is 0 Å². The Morgan fingerprint density at radius 2 is 2.17 bits per heavy atom. The molecular formula is C12H22. The summed E-state index contributed by atoms with van der Waals surface area (Å²) >= 11 is 0. The fourth-order valence-electron chi connectivity index (χ4n) is 3.38. The average molecular weight is 166 g/mol. The van der Waals surface area contributed by atoms with Crippen LogP contribution in [0.4, 0.5) is 0 Å². The molecule has 0 heterocycles. The van der Waals surface area contributed by atoms with E-state index in [4.69, 9.17) is 0 Å². The van der Waals surface area contributed by atoms with Crippen molar-refractivity contribution in [1.29, 1.82) is 0 Å². The van der Waals surface area contributed by atoms with Crippen LogP contribution < -0.4 is 0 Å². The van der Waals surface area contributed by atoms with Gasteiger partial charge in [-0.25, -0.2) is 0 Å². The summed E-state index contributed by atoms with van der Waals surface area (Å²) < 4.78 is 0. The molecule has 0 aromatic heterocycles. The van der Waals surface area contributed by atoms with Crippen LogP contribution in [0.2, 0.25) is 0 Å². The number of hydrogen-bond acceptors (Lipinski definition) is 0. The number of rotatable bonds is 2. The van der Waals surface area contributed by atoms with E-state index in [1.807, 2.05) is 0 Å². The summed E-state index contributed by atoms with van der Waals surface area (Å²) in [6.45, 7) is 7.20. The van der Waals surface area contributed by atoms with Gasteiger partial charge >= 0.3 is 0 Å². The Morgan fingerprint density at radius 3 is 2.67 bits per heavy atom. The van der Waals surface area contributed by atoms with E-state index in [9.17, 15) is 0 Å². The Balaban J connectivity index is 1.96. The van der Waals surface area contributed by atoms with Crippen molar-refractivity contribution in [2.45, 2.75) is 52.9 Å². The fourth-order valence-corrected chi connectivity index (χ4v) is 3.38. The van der Waals surface area contributed by atoms with Crippen molar-refractivity contribution in [2.24, 2.45) is 23.2 Å². The summed E-state index contributed by atoms with van der Waals surface area (Å²) in [7, 11) is 0. The van der Waals surface area contributed by atoms with E-state index in [0.29, 0.717) is 0 Å². The van der Waals surface area contributed by atoms with Crippen molar-refractivity contribution in [3.8, 4) is 0 Å². The number of fused-ring (bicyclic) bond motifs is 1. The number of hydrogen-bond donors (Lipinski definition) is 0. The van der Waals surface area contributed by atoms with E-state index >= 15 is 0 Å². The molecule has 3 unspecified atom stereocenters. The molecule has 0 saturated heterocycles. The summed E-state index contributed by atoms with van der Waals surface area (Å²) in [5.41, 5.74) is 0.825. The van der Waals surface area contributed by atoms with Crippen LogP contribution in [0.1, 0.15) is 52.9 Å². The normalized spacial score (nSPS) is 46.0. The van der Waals surface area contributed by atoms with Crippen LogP contribution in [0.5, 0.6) is 0 Å². The minimum atomic E-state index is 0.825. The Morgan fingerprint density at radius 1 is 1.42 bits per heavy atom. The van der Waals surface area contributed by atoms with Crippen LogP contribution >= 0.6 is 0 Å². The van der Waals surface area contributed by atoms with Gasteiger partial charge in [-0.2, -0.15) is 0 Å². The van der Waals surface area contributed by atoms with Gasteiger partial charge in [-0.05, 0) is 48.9 Å². The van der Waals surface area contributed by atoms with Crippen LogP contribution in [0.3, 0.4) is 0 Å². The van der Waals surface area contributed by atoms with Gasteiger partial charge < -0.3 is 0 Å². The van der Waals surface area contributed by atoms with Gasteiger partial charge in [0.2, 0.25) is 0 Å². The predicted molar refractivity (Wildman–Crippen MR) is 53.0 cm³/mol. The van der Waals surface area contributed by atoms with Crippen LogP contribution in [0.25, 0.3) is 0 Å². The molecule has 0 N–H and O–H groups in total. The lowest BCUT2D eigenvalue weighted by Crippen LogP contribution is -2.20. The molecule has 2 aliphatic carbocycles. The lowest BCUT2D eigenvalue weighted by atomic mass is 9.75. The topological polar surface area (TPSA) is 0 Å². The van der Waals surface area contributed by atoms with Gasteiger partial charge in [0.05, 0.1) is 0 Å². The largest absolute Gasteiger partial charge is 0.0651 e. The molecular weight excluding hydrogens is 144 g/mol. The smallest absolute Gasteiger partial charge is 0.0243 e. The van der Waals surface area contributed by atoms with Crippen LogP contribution in [-0.4, -0.2) is 0 Å². The van der Waals surface area contributed by atoms with Gasteiger partial charge in [-0.3, -0.25) is 0 Å². The highest BCUT2D eigenvalue weighted by Crippen LogP contribution is 2.66. The standard InChI is InChI=1S/C12H22/c1-4-10-5-6-12(9(2)3)8-11(12)7-10/h9-11H,4-8H2,1-3H3. The highest BCUT2D eigenvalue weighted by molar-refractivity contribution is 5.07. The molecule has 2 fully saturated rings. The van der Waals surface area contributed by atoms with Gasteiger partial charge in [0.15, 0.2) is 0 Å². The molecule has 2 aliphatic rings. The summed E-state index contributed by atoms with van der Waals surface area (Å²) in [6.07, 6.45) is 7.58. The summed E-state index contributed by atoms with van der Waals surface area (Å²) in [6, 6.07) is 0. The van der Waals surface area contributed by atoms with Crippen molar-refractivity contribution in [3.05, 3.63) is 0 Å². The molecule has 0 bridgehead atoms. The first-order chi connectivity index (χ1) is 5.69.